The maximum Gasteiger partial charge on any atom is 0.411 e. The van der Waals surface area contributed by atoms with E-state index in [-0.39, 0.29) is 12.3 Å². The molecule has 9 heteroatoms. The Balaban J connectivity index is 1.29. The van der Waals surface area contributed by atoms with E-state index in [1.807, 2.05) is 56.0 Å². The molecule has 0 radical (unpaired) electrons. The molecule has 182 valence electrons. The highest BCUT2D eigenvalue weighted by molar-refractivity contribution is 5.86. The summed E-state index contributed by atoms with van der Waals surface area (Å²) < 4.78 is 5.53. The van der Waals surface area contributed by atoms with Crippen LogP contribution in [0.2, 0.25) is 0 Å². The lowest BCUT2D eigenvalue weighted by Crippen LogP contribution is -2.35. The normalized spacial score (nSPS) is 18.4. The smallest absolute Gasteiger partial charge is 0.411 e. The van der Waals surface area contributed by atoms with E-state index < -0.39 is 12.2 Å². The van der Waals surface area contributed by atoms with Crippen LogP contribution in [-0.2, 0) is 9.53 Å². The number of nitrogens with one attached hydrogen (secondary N) is 1. The van der Waals surface area contributed by atoms with Gasteiger partial charge in [0.05, 0.1) is 13.0 Å². The van der Waals surface area contributed by atoms with Gasteiger partial charge in [0.15, 0.2) is 0 Å². The fourth-order valence-electron chi connectivity index (χ4n) is 4.59. The van der Waals surface area contributed by atoms with Crippen LogP contribution in [-0.4, -0.2) is 77.1 Å². The highest BCUT2D eigenvalue weighted by atomic mass is 16.6. The van der Waals surface area contributed by atoms with Crippen LogP contribution in [0, 0.1) is 13.8 Å². The van der Waals surface area contributed by atoms with Crippen LogP contribution in [0.4, 0.5) is 22.1 Å². The van der Waals surface area contributed by atoms with Gasteiger partial charge in [-0.05, 0) is 77.0 Å². The number of likely N-dealkylation sites (tertiary alicyclic amines) is 2. The van der Waals surface area contributed by atoms with E-state index in [0.717, 1.165) is 36.7 Å². The number of aromatic nitrogens is 2. The molecule has 0 spiro atoms. The van der Waals surface area contributed by atoms with Crippen molar-refractivity contribution in [2.45, 2.75) is 46.1 Å². The van der Waals surface area contributed by atoms with Crippen LogP contribution in [0.5, 0.6) is 0 Å². The number of benzene rings is 1. The number of hydrogen-bond donors (Lipinski definition) is 1. The second-order valence-corrected chi connectivity index (χ2v) is 8.99. The van der Waals surface area contributed by atoms with Gasteiger partial charge < -0.3 is 19.4 Å². The van der Waals surface area contributed by atoms with Gasteiger partial charge in [-0.1, -0.05) is 0 Å². The molecule has 1 N–H and O–H groups in total. The zero-order valence-electron chi connectivity index (χ0n) is 20.3. The minimum absolute atomic E-state index is 0.0506. The molecule has 0 aliphatic carbocycles. The summed E-state index contributed by atoms with van der Waals surface area (Å²) in [4.78, 5) is 40.0. The van der Waals surface area contributed by atoms with Crippen LogP contribution in [0.25, 0.3) is 0 Å². The zero-order valence-corrected chi connectivity index (χ0v) is 20.3. The Kier molecular flexibility index (Phi) is 7.62. The Bertz CT molecular complexity index is 986. The van der Waals surface area contributed by atoms with Gasteiger partial charge in [0.25, 0.3) is 0 Å². The summed E-state index contributed by atoms with van der Waals surface area (Å²) in [5.41, 5.74) is 3.40. The van der Waals surface area contributed by atoms with E-state index in [1.165, 1.54) is 12.8 Å². The van der Waals surface area contributed by atoms with Crippen LogP contribution in [0.1, 0.15) is 37.6 Å². The highest BCUT2D eigenvalue weighted by Gasteiger charge is 2.32. The molecule has 1 atom stereocenters. The van der Waals surface area contributed by atoms with Gasteiger partial charge in [-0.15, -0.1) is 0 Å². The van der Waals surface area contributed by atoms with Crippen LogP contribution in [0.3, 0.4) is 0 Å². The molecule has 3 heterocycles. The highest BCUT2D eigenvalue weighted by Crippen LogP contribution is 2.24. The molecule has 1 unspecified atom stereocenters. The largest absolute Gasteiger partial charge is 0.444 e. The fourth-order valence-corrected chi connectivity index (χ4v) is 4.59. The first-order valence-corrected chi connectivity index (χ1v) is 12.1. The lowest BCUT2D eigenvalue weighted by Gasteiger charge is -2.22. The molecule has 0 saturated carbocycles. The number of amides is 2. The van der Waals surface area contributed by atoms with Gasteiger partial charge in [0.2, 0.25) is 11.9 Å². The Morgan fingerprint density at radius 1 is 1.12 bits per heavy atom. The van der Waals surface area contributed by atoms with Crippen LogP contribution in [0.15, 0.2) is 30.3 Å². The Morgan fingerprint density at radius 2 is 1.79 bits per heavy atom. The number of rotatable bonds is 8. The van der Waals surface area contributed by atoms with Gasteiger partial charge in [0, 0.05) is 42.4 Å². The molecule has 2 aliphatic heterocycles. The first-order valence-electron chi connectivity index (χ1n) is 12.1. The van der Waals surface area contributed by atoms with E-state index in [0.29, 0.717) is 31.3 Å². The summed E-state index contributed by atoms with van der Waals surface area (Å²) in [6.45, 7) is 10.9. The molecule has 2 fully saturated rings. The van der Waals surface area contributed by atoms with Crippen molar-refractivity contribution < 1.29 is 14.3 Å². The molecule has 2 aliphatic rings. The molecular weight excluding hydrogens is 432 g/mol. The van der Waals surface area contributed by atoms with Gasteiger partial charge >= 0.3 is 6.09 Å². The third-order valence-corrected chi connectivity index (χ3v) is 6.29. The minimum atomic E-state index is -0.545. The molecule has 2 saturated heterocycles. The van der Waals surface area contributed by atoms with Crippen molar-refractivity contribution in [3.05, 3.63) is 41.7 Å². The standard InChI is InChI=1S/C25H34N6O3/c1-4-31(24-26-18(2)15-19(3)27-24)21-9-7-20(8-10-21)28-25(33)34-22-16-23(32)30(17-22)14-13-29-11-5-6-12-29/h7-10,15,22H,4-6,11-14,16-17H2,1-3H3,(H,28,33). The lowest BCUT2D eigenvalue weighted by atomic mass is 10.2. The predicted molar refractivity (Wildman–Crippen MR) is 131 cm³/mol. The quantitative estimate of drug-likeness (QED) is 0.637. The molecular formula is C25H34N6O3. The summed E-state index contributed by atoms with van der Waals surface area (Å²) in [5, 5.41) is 2.77. The van der Waals surface area contributed by atoms with E-state index in [4.69, 9.17) is 4.74 Å². The van der Waals surface area contributed by atoms with Crippen LogP contribution < -0.4 is 10.2 Å². The topological polar surface area (TPSA) is 90.9 Å². The molecule has 1 aromatic heterocycles. The minimum Gasteiger partial charge on any atom is -0.444 e. The molecule has 2 amide bonds. The average molecular weight is 467 g/mol. The van der Waals surface area contributed by atoms with Gasteiger partial charge in [-0.25, -0.2) is 14.8 Å². The van der Waals surface area contributed by atoms with E-state index in [9.17, 15) is 9.59 Å². The van der Waals surface area contributed by atoms with Crippen LogP contribution >= 0.6 is 0 Å². The number of anilines is 3. The summed E-state index contributed by atoms with van der Waals surface area (Å²) in [7, 11) is 0. The SMILES string of the molecule is CCN(c1ccc(NC(=O)OC2CC(=O)N(CCN3CCCC3)C2)cc1)c1nc(C)cc(C)n1. The Labute approximate surface area is 201 Å². The molecule has 34 heavy (non-hydrogen) atoms. The molecule has 1 aromatic carbocycles. The number of carbonyl (C=O) groups excluding carboxylic acids is 2. The third kappa shape index (κ3) is 6.02. The first-order chi connectivity index (χ1) is 16.4. The maximum absolute atomic E-state index is 12.4. The van der Waals surface area contributed by atoms with Crippen molar-refractivity contribution >= 4 is 29.3 Å². The van der Waals surface area contributed by atoms with Gasteiger partial charge in [-0.2, -0.15) is 0 Å². The van der Waals surface area contributed by atoms with Crippen molar-refractivity contribution in [2.75, 3.05) is 49.5 Å². The lowest BCUT2D eigenvalue weighted by molar-refractivity contribution is -0.127. The zero-order chi connectivity index (χ0) is 24.1. The average Bonchev–Trinajstić information content (AvgIpc) is 3.42. The van der Waals surface area contributed by atoms with Crippen molar-refractivity contribution in [1.29, 1.82) is 0 Å². The van der Waals surface area contributed by atoms with Gasteiger partial charge in [0.1, 0.15) is 6.10 Å². The number of nitrogens with zero attached hydrogens (tertiary/aromatic N) is 5. The summed E-state index contributed by atoms with van der Waals surface area (Å²) >= 11 is 0. The first kappa shape index (κ1) is 23.9. The van der Waals surface area contributed by atoms with Gasteiger partial charge in [-0.3, -0.25) is 10.1 Å². The molecule has 4 rings (SSSR count). The summed E-state index contributed by atoms with van der Waals surface area (Å²) in [6, 6.07) is 9.42. The van der Waals surface area contributed by atoms with E-state index in [1.54, 1.807) is 4.90 Å². The molecule has 2 aromatic rings. The van der Waals surface area contributed by atoms with Crippen molar-refractivity contribution in [3.63, 3.8) is 0 Å². The monoisotopic (exact) mass is 466 g/mol. The molecule has 0 bridgehead atoms. The summed E-state index contributed by atoms with van der Waals surface area (Å²) in [5.74, 6) is 0.704. The van der Waals surface area contributed by atoms with Crippen molar-refractivity contribution in [1.82, 2.24) is 19.8 Å². The maximum atomic E-state index is 12.4. The summed E-state index contributed by atoms with van der Waals surface area (Å²) in [6.07, 6.45) is 1.75. The fraction of sp³-hybridized carbons (Fsp3) is 0.520. The molecule has 9 nitrogen and oxygen atoms in total. The second kappa shape index (κ2) is 10.8. The van der Waals surface area contributed by atoms with Crippen molar-refractivity contribution in [3.8, 4) is 0 Å². The predicted octanol–water partition coefficient (Wildman–Crippen LogP) is 3.50. The number of ether oxygens (including phenoxy) is 1. The third-order valence-electron chi connectivity index (χ3n) is 6.29. The number of aryl methyl sites for hydroxylation is 2. The van der Waals surface area contributed by atoms with E-state index >= 15 is 0 Å². The second-order valence-electron chi connectivity index (χ2n) is 8.99. The van der Waals surface area contributed by atoms with Crippen molar-refractivity contribution in [2.24, 2.45) is 0 Å². The number of hydrogen-bond acceptors (Lipinski definition) is 7. The Hall–Kier alpha value is -3.20. The van der Waals surface area contributed by atoms with E-state index in [2.05, 4.69) is 20.2 Å². The Morgan fingerprint density at radius 3 is 2.44 bits per heavy atom. The number of carbonyl (C=O) groups is 2.